The molecule has 34 heavy (non-hydrogen) atoms. The number of nitrogens with one attached hydrogen (secondary N) is 1. The van der Waals surface area contributed by atoms with Gasteiger partial charge in [-0.05, 0) is 68.0 Å². The number of pyridine rings is 1. The van der Waals surface area contributed by atoms with Crippen LogP contribution in [0.25, 0.3) is 16.7 Å². The molecule has 2 aromatic carbocycles. The largest absolute Gasteiger partial charge is 0.465 e. The van der Waals surface area contributed by atoms with Gasteiger partial charge in [0.05, 0.1) is 22.4 Å². The zero-order valence-electron chi connectivity index (χ0n) is 18.5. The van der Waals surface area contributed by atoms with Crippen molar-refractivity contribution in [3.8, 4) is 5.69 Å². The van der Waals surface area contributed by atoms with Crippen molar-refractivity contribution in [1.82, 2.24) is 14.5 Å². The van der Waals surface area contributed by atoms with Crippen LogP contribution in [0.1, 0.15) is 37.4 Å². The molecular formula is C26H25FN4O3. The van der Waals surface area contributed by atoms with Crippen molar-refractivity contribution in [2.75, 3.05) is 11.4 Å². The molecule has 5 rings (SSSR count). The molecule has 8 heteroatoms. The summed E-state index contributed by atoms with van der Waals surface area (Å²) in [5.41, 5.74) is 2.51. The summed E-state index contributed by atoms with van der Waals surface area (Å²) in [5, 5.41) is 9.64. The van der Waals surface area contributed by atoms with Crippen molar-refractivity contribution in [2.24, 2.45) is 5.92 Å². The summed E-state index contributed by atoms with van der Waals surface area (Å²) in [6.45, 7) is 0.276. The van der Waals surface area contributed by atoms with Gasteiger partial charge in [0.1, 0.15) is 11.6 Å². The molecule has 2 aromatic heterocycles. The summed E-state index contributed by atoms with van der Waals surface area (Å²) in [4.78, 5) is 33.2. The molecule has 2 heterocycles. The van der Waals surface area contributed by atoms with E-state index in [1.165, 1.54) is 18.2 Å². The molecular weight excluding hydrogens is 435 g/mol. The number of carboxylic acid groups (broad SMARTS) is 1. The highest BCUT2D eigenvalue weighted by Gasteiger charge is 2.28. The molecule has 2 N–H and O–H groups in total. The van der Waals surface area contributed by atoms with Crippen LogP contribution in [-0.2, 0) is 0 Å². The number of anilines is 1. The molecule has 1 saturated carbocycles. The summed E-state index contributed by atoms with van der Waals surface area (Å²) in [5.74, 6) is 0.791. The number of benzene rings is 2. The maximum atomic E-state index is 14.2. The smallest absolute Gasteiger partial charge is 0.411 e. The van der Waals surface area contributed by atoms with Gasteiger partial charge in [-0.25, -0.2) is 14.2 Å². The maximum Gasteiger partial charge on any atom is 0.411 e. The van der Waals surface area contributed by atoms with E-state index in [0.29, 0.717) is 0 Å². The Kier molecular flexibility index (Phi) is 5.88. The second-order valence-corrected chi connectivity index (χ2v) is 8.79. The molecule has 0 atom stereocenters. The first-order valence-electron chi connectivity index (χ1n) is 11.4. The molecule has 0 radical (unpaired) electrons. The van der Waals surface area contributed by atoms with Gasteiger partial charge in [-0.2, -0.15) is 0 Å². The number of aromatic amines is 1. The molecule has 0 spiro atoms. The van der Waals surface area contributed by atoms with E-state index in [4.69, 9.17) is 4.98 Å². The summed E-state index contributed by atoms with van der Waals surface area (Å²) >= 11 is 0. The normalized spacial score (nSPS) is 18.1. The predicted molar refractivity (Wildman–Crippen MR) is 128 cm³/mol. The molecule has 0 unspecified atom stereocenters. The zero-order valence-corrected chi connectivity index (χ0v) is 18.5. The first kappa shape index (κ1) is 21.9. The standard InChI is InChI=1S/C26H25FN4O3/c27-20-5-1-2-6-23(20)31(26(33)34)16-17-8-10-18(11-9-17)25-28-21-13-12-19(15-22(21)29-25)30-14-4-3-7-24(30)32/h1-7,12-15,17-18H,8-11,16H2,(H,28,29)(H,33,34). The topological polar surface area (TPSA) is 91.2 Å². The van der Waals surface area contributed by atoms with Crippen LogP contribution in [0, 0.1) is 11.7 Å². The Hall–Kier alpha value is -3.94. The third-order valence-corrected chi connectivity index (χ3v) is 6.63. The lowest BCUT2D eigenvalue weighted by Gasteiger charge is -2.31. The Morgan fingerprint density at radius 3 is 2.59 bits per heavy atom. The Morgan fingerprint density at radius 1 is 1.09 bits per heavy atom. The van der Waals surface area contributed by atoms with Crippen molar-refractivity contribution in [1.29, 1.82) is 0 Å². The van der Waals surface area contributed by atoms with E-state index in [2.05, 4.69) is 4.98 Å². The van der Waals surface area contributed by atoms with Gasteiger partial charge in [0.2, 0.25) is 0 Å². The van der Waals surface area contributed by atoms with Gasteiger partial charge in [-0.1, -0.05) is 18.2 Å². The lowest BCUT2D eigenvalue weighted by atomic mass is 9.81. The summed E-state index contributed by atoms with van der Waals surface area (Å²) in [6.07, 6.45) is 4.03. The summed E-state index contributed by atoms with van der Waals surface area (Å²) < 4.78 is 15.8. The Labute approximate surface area is 195 Å². The average Bonchev–Trinajstić information content (AvgIpc) is 3.27. The number of rotatable bonds is 5. The second-order valence-electron chi connectivity index (χ2n) is 8.79. The highest BCUT2D eigenvalue weighted by atomic mass is 19.1. The fraction of sp³-hybridized carbons (Fsp3) is 0.269. The summed E-state index contributed by atoms with van der Waals surface area (Å²) in [6, 6.07) is 16.8. The first-order valence-corrected chi connectivity index (χ1v) is 11.4. The minimum Gasteiger partial charge on any atom is -0.465 e. The van der Waals surface area contributed by atoms with E-state index < -0.39 is 11.9 Å². The monoisotopic (exact) mass is 460 g/mol. The van der Waals surface area contributed by atoms with Gasteiger partial charge < -0.3 is 10.1 Å². The maximum absolute atomic E-state index is 14.2. The number of halogens is 1. The van der Waals surface area contributed by atoms with Crippen molar-refractivity contribution < 1.29 is 14.3 Å². The van der Waals surface area contributed by atoms with E-state index in [1.807, 2.05) is 24.3 Å². The third kappa shape index (κ3) is 4.31. The highest BCUT2D eigenvalue weighted by Crippen LogP contribution is 2.36. The quantitative estimate of drug-likeness (QED) is 0.422. The van der Waals surface area contributed by atoms with Gasteiger partial charge in [0.25, 0.3) is 5.56 Å². The predicted octanol–water partition coefficient (Wildman–Crippen LogP) is 5.31. The van der Waals surface area contributed by atoms with Gasteiger partial charge in [0.15, 0.2) is 0 Å². The van der Waals surface area contributed by atoms with E-state index >= 15 is 0 Å². The third-order valence-electron chi connectivity index (χ3n) is 6.63. The minimum absolute atomic E-state index is 0.0919. The number of aromatic nitrogens is 3. The number of amides is 1. The van der Waals surface area contributed by atoms with Crippen LogP contribution >= 0.6 is 0 Å². The Balaban J connectivity index is 1.28. The SMILES string of the molecule is O=C(O)N(CC1CCC(c2nc3ccc(-n4ccccc4=O)cc3[nH]2)CC1)c1ccccc1F. The lowest BCUT2D eigenvalue weighted by molar-refractivity contribution is 0.198. The number of hydrogen-bond donors (Lipinski definition) is 2. The van der Waals surface area contributed by atoms with Crippen LogP contribution in [0.5, 0.6) is 0 Å². The van der Waals surface area contributed by atoms with Gasteiger partial charge in [-0.15, -0.1) is 0 Å². The molecule has 1 fully saturated rings. The molecule has 1 aliphatic carbocycles. The van der Waals surface area contributed by atoms with Crippen LogP contribution in [0.2, 0.25) is 0 Å². The van der Waals surface area contributed by atoms with Gasteiger partial charge in [0, 0.05) is 24.7 Å². The van der Waals surface area contributed by atoms with Gasteiger partial charge >= 0.3 is 6.09 Å². The van der Waals surface area contributed by atoms with Crippen molar-refractivity contribution in [3.05, 3.63) is 88.9 Å². The molecule has 174 valence electrons. The average molecular weight is 461 g/mol. The molecule has 7 nitrogen and oxygen atoms in total. The Bertz CT molecular complexity index is 1390. The zero-order chi connectivity index (χ0) is 23.7. The van der Waals surface area contributed by atoms with Gasteiger partial charge in [-0.3, -0.25) is 14.3 Å². The van der Waals surface area contributed by atoms with Crippen molar-refractivity contribution >= 4 is 22.8 Å². The summed E-state index contributed by atoms with van der Waals surface area (Å²) in [7, 11) is 0. The molecule has 0 aliphatic heterocycles. The number of H-pyrrole nitrogens is 1. The molecule has 0 bridgehead atoms. The molecule has 1 aliphatic rings. The fourth-order valence-corrected chi connectivity index (χ4v) is 4.83. The van der Waals surface area contributed by atoms with Crippen LogP contribution in [0.4, 0.5) is 14.9 Å². The first-order chi connectivity index (χ1) is 16.5. The minimum atomic E-state index is -1.14. The number of fused-ring (bicyclic) bond motifs is 1. The Morgan fingerprint density at radius 2 is 1.85 bits per heavy atom. The van der Waals surface area contributed by atoms with E-state index in [9.17, 15) is 19.1 Å². The number of imidazole rings is 1. The number of nitrogens with zero attached hydrogens (tertiary/aromatic N) is 3. The molecule has 4 aromatic rings. The number of hydrogen-bond acceptors (Lipinski definition) is 3. The van der Waals surface area contributed by atoms with Crippen LogP contribution in [-0.4, -0.2) is 32.3 Å². The lowest BCUT2D eigenvalue weighted by Crippen LogP contribution is -2.36. The fourth-order valence-electron chi connectivity index (χ4n) is 4.83. The van der Waals surface area contributed by atoms with Crippen LogP contribution in [0.15, 0.2) is 71.7 Å². The van der Waals surface area contributed by atoms with E-state index in [-0.39, 0.29) is 29.6 Å². The number of para-hydroxylation sites is 1. The molecule has 1 amide bonds. The van der Waals surface area contributed by atoms with Crippen molar-refractivity contribution in [3.63, 3.8) is 0 Å². The molecule has 0 saturated heterocycles. The van der Waals surface area contributed by atoms with Crippen LogP contribution < -0.4 is 10.5 Å². The highest BCUT2D eigenvalue weighted by molar-refractivity contribution is 5.86. The number of carbonyl (C=O) groups is 1. The van der Waals surface area contributed by atoms with E-state index in [1.54, 1.807) is 29.0 Å². The van der Waals surface area contributed by atoms with Crippen LogP contribution in [0.3, 0.4) is 0 Å². The second kappa shape index (κ2) is 9.13. The van der Waals surface area contributed by atoms with Crippen molar-refractivity contribution in [2.45, 2.75) is 31.6 Å². The van der Waals surface area contributed by atoms with E-state index in [0.717, 1.165) is 53.1 Å².